The lowest BCUT2D eigenvalue weighted by Crippen LogP contribution is -2.34. The molecular formula is C17H24BrNO2. The molecule has 1 heterocycles. The summed E-state index contributed by atoms with van der Waals surface area (Å²) in [6.07, 6.45) is 1.20. The van der Waals surface area contributed by atoms with Gasteiger partial charge >= 0.3 is 5.97 Å². The summed E-state index contributed by atoms with van der Waals surface area (Å²) in [5.74, 6) is -1.70. The standard InChI is InChI=1S/C17H24BrNO2/c1-17(2,3)21-16(20)15(13-7-8-19-11-13)10-12-5-4-6-14(18)9-12/h4-6,9,13,15,19H,7-8,10-11H2,1-3H3/t13?,15-/m0/s1/i15D. The van der Waals surface area contributed by atoms with Crippen LogP contribution in [0.2, 0.25) is 0 Å². The molecule has 1 saturated heterocycles. The maximum atomic E-state index is 12.7. The van der Waals surface area contributed by atoms with Crippen LogP contribution in [0, 0.1) is 11.8 Å². The highest BCUT2D eigenvalue weighted by Gasteiger charge is 2.33. The molecule has 1 aliphatic heterocycles. The van der Waals surface area contributed by atoms with Crippen molar-refractivity contribution < 1.29 is 10.9 Å². The summed E-state index contributed by atoms with van der Waals surface area (Å²) in [6, 6.07) is 7.80. The summed E-state index contributed by atoms with van der Waals surface area (Å²) < 4.78 is 15.4. The van der Waals surface area contributed by atoms with Crippen molar-refractivity contribution in [3.05, 3.63) is 34.3 Å². The van der Waals surface area contributed by atoms with E-state index in [2.05, 4.69) is 21.2 Å². The van der Waals surface area contributed by atoms with Crippen molar-refractivity contribution in [2.75, 3.05) is 13.1 Å². The quantitative estimate of drug-likeness (QED) is 0.840. The van der Waals surface area contributed by atoms with Gasteiger partial charge in [-0.15, -0.1) is 0 Å². The van der Waals surface area contributed by atoms with Gasteiger partial charge in [0.15, 0.2) is 0 Å². The first kappa shape index (κ1) is 15.0. The minimum Gasteiger partial charge on any atom is -0.460 e. The van der Waals surface area contributed by atoms with Gasteiger partial charge in [0.2, 0.25) is 0 Å². The second-order valence-electron chi connectivity index (χ2n) is 6.52. The minimum absolute atomic E-state index is 0.0265. The first-order valence-electron chi connectivity index (χ1n) is 7.89. The molecule has 1 unspecified atom stereocenters. The van der Waals surface area contributed by atoms with Gasteiger partial charge in [0, 0.05) is 5.84 Å². The average Bonchev–Trinajstić information content (AvgIpc) is 2.90. The van der Waals surface area contributed by atoms with Crippen molar-refractivity contribution in [2.24, 2.45) is 11.8 Å². The molecule has 1 aromatic rings. The predicted molar refractivity (Wildman–Crippen MR) is 88.2 cm³/mol. The Bertz CT molecular complexity index is 538. The van der Waals surface area contributed by atoms with Gasteiger partial charge in [-0.2, -0.15) is 0 Å². The Labute approximate surface area is 137 Å². The van der Waals surface area contributed by atoms with Crippen LogP contribution < -0.4 is 5.32 Å². The van der Waals surface area contributed by atoms with Gasteiger partial charge in [-0.3, -0.25) is 4.79 Å². The SMILES string of the molecule is [2H][C@@](Cc1cccc(Br)c1)(C(=O)OC(C)(C)C)C1CCNC1. The van der Waals surface area contributed by atoms with E-state index in [1.807, 2.05) is 45.0 Å². The zero-order chi connectivity index (χ0) is 16.4. The zero-order valence-corrected chi connectivity index (χ0v) is 14.5. The number of rotatable bonds is 4. The first-order valence-corrected chi connectivity index (χ1v) is 8.19. The van der Waals surface area contributed by atoms with Gasteiger partial charge in [-0.1, -0.05) is 28.1 Å². The maximum Gasteiger partial charge on any atom is 0.310 e. The molecule has 0 amide bonds. The second-order valence-corrected chi connectivity index (χ2v) is 7.44. The number of esters is 1. The van der Waals surface area contributed by atoms with E-state index in [-0.39, 0.29) is 5.92 Å². The van der Waals surface area contributed by atoms with Gasteiger partial charge in [0.1, 0.15) is 5.60 Å². The molecule has 0 spiro atoms. The van der Waals surface area contributed by atoms with Gasteiger partial charge in [-0.25, -0.2) is 0 Å². The van der Waals surface area contributed by atoms with Crippen molar-refractivity contribution in [1.82, 2.24) is 5.32 Å². The second kappa shape index (κ2) is 6.93. The molecule has 0 aliphatic carbocycles. The number of carbonyl (C=O) groups excluding carboxylic acids is 1. The first-order chi connectivity index (χ1) is 10.2. The Morgan fingerprint density at radius 3 is 2.90 bits per heavy atom. The van der Waals surface area contributed by atoms with E-state index < -0.39 is 17.5 Å². The summed E-state index contributed by atoms with van der Waals surface area (Å²) in [6.45, 7) is 7.08. The predicted octanol–water partition coefficient (Wildman–Crippen LogP) is 3.56. The average molecular weight is 355 g/mol. The van der Waals surface area contributed by atoms with Crippen LogP contribution in [-0.2, 0) is 16.0 Å². The van der Waals surface area contributed by atoms with Gasteiger partial charge in [0.25, 0.3) is 0 Å². The van der Waals surface area contributed by atoms with Crippen molar-refractivity contribution in [1.29, 1.82) is 0 Å². The number of nitrogens with one attached hydrogen (secondary N) is 1. The fourth-order valence-corrected chi connectivity index (χ4v) is 2.99. The van der Waals surface area contributed by atoms with Crippen LogP contribution in [0.3, 0.4) is 0 Å². The van der Waals surface area contributed by atoms with Crippen LogP contribution in [0.1, 0.15) is 34.1 Å². The molecule has 2 rings (SSSR count). The summed E-state index contributed by atoms with van der Waals surface area (Å²) in [5.41, 5.74) is 0.397. The maximum absolute atomic E-state index is 12.7. The van der Waals surface area contributed by atoms with Gasteiger partial charge in [0.05, 0.1) is 5.89 Å². The topological polar surface area (TPSA) is 38.3 Å². The van der Waals surface area contributed by atoms with Crippen molar-refractivity contribution >= 4 is 21.9 Å². The van der Waals surface area contributed by atoms with Gasteiger partial charge < -0.3 is 10.1 Å². The fourth-order valence-electron chi connectivity index (χ4n) is 2.55. The third-order valence-corrected chi connectivity index (χ3v) is 3.99. The summed E-state index contributed by atoms with van der Waals surface area (Å²) >= 11 is 3.45. The summed E-state index contributed by atoms with van der Waals surface area (Å²) in [7, 11) is 0. The van der Waals surface area contributed by atoms with E-state index in [1.165, 1.54) is 0 Å². The molecule has 1 fully saturated rings. The molecule has 1 aliphatic rings. The van der Waals surface area contributed by atoms with Crippen LogP contribution in [0.5, 0.6) is 0 Å². The molecule has 4 heteroatoms. The molecule has 2 atom stereocenters. The smallest absolute Gasteiger partial charge is 0.310 e. The number of halogens is 1. The highest BCUT2D eigenvalue weighted by atomic mass is 79.9. The van der Waals surface area contributed by atoms with E-state index >= 15 is 0 Å². The molecule has 116 valence electrons. The van der Waals surface area contributed by atoms with E-state index in [0.717, 1.165) is 23.0 Å². The van der Waals surface area contributed by atoms with Crippen LogP contribution in [0.15, 0.2) is 28.7 Å². The number of hydrogen-bond acceptors (Lipinski definition) is 3. The molecule has 1 N–H and O–H groups in total. The van der Waals surface area contributed by atoms with E-state index in [0.29, 0.717) is 13.0 Å². The highest BCUT2D eigenvalue weighted by Crippen LogP contribution is 2.27. The number of carbonyl (C=O) groups is 1. The molecule has 0 radical (unpaired) electrons. The van der Waals surface area contributed by atoms with Crippen molar-refractivity contribution in [2.45, 2.75) is 39.2 Å². The number of ether oxygens (including phenoxy) is 1. The Morgan fingerprint density at radius 2 is 2.33 bits per heavy atom. The molecule has 0 saturated carbocycles. The third-order valence-electron chi connectivity index (χ3n) is 3.50. The number of hydrogen-bond donors (Lipinski definition) is 1. The summed E-state index contributed by atoms with van der Waals surface area (Å²) in [4.78, 5) is 12.7. The molecule has 3 nitrogen and oxygen atoms in total. The Balaban J connectivity index is 2.26. The number of benzene rings is 1. The van der Waals surface area contributed by atoms with Crippen molar-refractivity contribution in [3.8, 4) is 0 Å². The Kier molecular flexibility index (Phi) is 4.96. The third kappa shape index (κ3) is 5.11. The Morgan fingerprint density at radius 1 is 1.57 bits per heavy atom. The molecular weight excluding hydrogens is 330 g/mol. The molecule has 21 heavy (non-hydrogen) atoms. The lowest BCUT2D eigenvalue weighted by Gasteiger charge is -2.27. The van der Waals surface area contributed by atoms with Crippen LogP contribution in [0.4, 0.5) is 0 Å². The van der Waals surface area contributed by atoms with Crippen LogP contribution >= 0.6 is 15.9 Å². The van der Waals surface area contributed by atoms with E-state index in [9.17, 15) is 4.79 Å². The van der Waals surface area contributed by atoms with Crippen LogP contribution in [0.25, 0.3) is 0 Å². The van der Waals surface area contributed by atoms with Crippen molar-refractivity contribution in [3.63, 3.8) is 0 Å². The highest BCUT2D eigenvalue weighted by molar-refractivity contribution is 9.10. The van der Waals surface area contributed by atoms with Crippen LogP contribution in [-0.4, -0.2) is 24.7 Å². The minimum atomic E-state index is -1.25. The fraction of sp³-hybridized carbons (Fsp3) is 0.588. The molecule has 0 bridgehead atoms. The monoisotopic (exact) mass is 354 g/mol. The summed E-state index contributed by atoms with van der Waals surface area (Å²) in [5, 5.41) is 3.26. The Hall–Kier alpha value is -0.870. The largest absolute Gasteiger partial charge is 0.460 e. The lowest BCUT2D eigenvalue weighted by molar-refractivity contribution is -0.161. The zero-order valence-electron chi connectivity index (χ0n) is 13.9. The van der Waals surface area contributed by atoms with E-state index in [4.69, 9.17) is 6.11 Å². The lowest BCUT2D eigenvalue weighted by atomic mass is 9.86. The molecule has 1 aromatic carbocycles. The van der Waals surface area contributed by atoms with E-state index in [1.54, 1.807) is 0 Å². The normalized spacial score (nSPS) is 22.5. The molecule has 0 aromatic heterocycles. The van der Waals surface area contributed by atoms with Gasteiger partial charge in [-0.05, 0) is 70.3 Å².